The Morgan fingerprint density at radius 1 is 1.56 bits per heavy atom. The smallest absolute Gasteiger partial charge is 0.435 e. The van der Waals surface area contributed by atoms with Gasteiger partial charge in [-0.25, -0.2) is 4.79 Å². The van der Waals surface area contributed by atoms with Crippen molar-refractivity contribution in [1.29, 1.82) is 0 Å². The lowest BCUT2D eigenvalue weighted by Crippen LogP contribution is -2.27. The Hall–Kier alpha value is -1.72. The molecule has 0 radical (unpaired) electrons. The lowest BCUT2D eigenvalue weighted by molar-refractivity contribution is 0.0512. The summed E-state index contributed by atoms with van der Waals surface area (Å²) in [5, 5.41) is 3.88. The van der Waals surface area contributed by atoms with Crippen molar-refractivity contribution < 1.29 is 14.3 Å². The van der Waals surface area contributed by atoms with Gasteiger partial charge in [-0.05, 0) is 27.7 Å². The first-order valence-electron chi connectivity index (χ1n) is 5.05. The van der Waals surface area contributed by atoms with E-state index in [1.165, 1.54) is 6.20 Å². The summed E-state index contributed by atoms with van der Waals surface area (Å²) in [6, 6.07) is 0. The van der Waals surface area contributed by atoms with E-state index < -0.39 is 11.7 Å². The standard InChI is InChI=1S/C10H17N3O3/c1-5-15-8-7(11)6-13(12-8)9(14)16-10(2,3)4/h6H,5,11H2,1-4H3. The molecule has 1 rings (SSSR count). The molecule has 0 unspecified atom stereocenters. The highest BCUT2D eigenvalue weighted by Crippen LogP contribution is 2.19. The van der Waals surface area contributed by atoms with E-state index in [0.29, 0.717) is 12.3 Å². The van der Waals surface area contributed by atoms with Crippen LogP contribution in [0.25, 0.3) is 0 Å². The largest absolute Gasteiger partial charge is 0.475 e. The monoisotopic (exact) mass is 227 g/mol. The number of nitrogens with two attached hydrogens (primary N) is 1. The first kappa shape index (κ1) is 12.4. The molecule has 0 aromatic carbocycles. The summed E-state index contributed by atoms with van der Waals surface area (Å²) in [5.74, 6) is 0.244. The van der Waals surface area contributed by atoms with E-state index in [0.717, 1.165) is 4.68 Å². The molecule has 0 aliphatic heterocycles. The fourth-order valence-corrected chi connectivity index (χ4v) is 1.02. The predicted octanol–water partition coefficient (Wildman–Crippen LogP) is 1.65. The van der Waals surface area contributed by atoms with Gasteiger partial charge in [0.15, 0.2) is 0 Å². The van der Waals surface area contributed by atoms with Crippen molar-refractivity contribution >= 4 is 11.8 Å². The molecule has 1 aromatic heterocycles. The molecule has 0 fully saturated rings. The van der Waals surface area contributed by atoms with Crippen LogP contribution in [0.4, 0.5) is 10.5 Å². The SMILES string of the molecule is CCOc1nn(C(=O)OC(C)(C)C)cc1N. The molecule has 0 aliphatic carbocycles. The normalized spacial score (nSPS) is 11.2. The van der Waals surface area contributed by atoms with Crippen LogP contribution >= 0.6 is 0 Å². The Bertz CT molecular complexity index is 379. The zero-order chi connectivity index (χ0) is 12.3. The Morgan fingerprint density at radius 3 is 2.69 bits per heavy atom. The number of nitrogen functional groups attached to an aromatic ring is 1. The third-order valence-corrected chi connectivity index (χ3v) is 1.57. The van der Waals surface area contributed by atoms with Gasteiger partial charge in [-0.3, -0.25) is 0 Å². The molecular formula is C10H17N3O3. The number of rotatable bonds is 2. The number of carbonyl (C=O) groups excluding carboxylic acids is 1. The van der Waals surface area contributed by atoms with Gasteiger partial charge >= 0.3 is 6.09 Å². The molecule has 6 nitrogen and oxygen atoms in total. The van der Waals surface area contributed by atoms with Crippen LogP contribution in [0.2, 0.25) is 0 Å². The van der Waals surface area contributed by atoms with E-state index in [1.54, 1.807) is 20.8 Å². The molecule has 6 heteroatoms. The number of anilines is 1. The van der Waals surface area contributed by atoms with E-state index in [1.807, 2.05) is 6.92 Å². The summed E-state index contributed by atoms with van der Waals surface area (Å²) in [6.45, 7) is 7.59. The van der Waals surface area contributed by atoms with Gasteiger partial charge in [0.1, 0.15) is 11.3 Å². The van der Waals surface area contributed by atoms with E-state index in [2.05, 4.69) is 5.10 Å². The van der Waals surface area contributed by atoms with Gasteiger partial charge in [-0.15, -0.1) is 5.10 Å². The highest BCUT2D eigenvalue weighted by atomic mass is 16.6. The maximum atomic E-state index is 11.6. The maximum absolute atomic E-state index is 11.6. The first-order chi connectivity index (χ1) is 7.33. The molecule has 0 atom stereocenters. The van der Waals surface area contributed by atoms with Crippen LogP contribution in [0, 0.1) is 0 Å². The van der Waals surface area contributed by atoms with Gasteiger partial charge in [0.25, 0.3) is 5.88 Å². The average molecular weight is 227 g/mol. The topological polar surface area (TPSA) is 79.4 Å². The van der Waals surface area contributed by atoms with E-state index in [9.17, 15) is 4.79 Å². The lowest BCUT2D eigenvalue weighted by Gasteiger charge is -2.18. The molecule has 1 aromatic rings. The van der Waals surface area contributed by atoms with Gasteiger partial charge in [0.05, 0.1) is 12.8 Å². The molecule has 0 aliphatic rings. The Labute approximate surface area is 94.3 Å². The lowest BCUT2D eigenvalue weighted by atomic mass is 10.2. The molecule has 1 heterocycles. The third kappa shape index (κ3) is 3.15. The van der Waals surface area contributed by atoms with Crippen molar-refractivity contribution in [2.24, 2.45) is 0 Å². The minimum atomic E-state index is -0.579. The van der Waals surface area contributed by atoms with Gasteiger partial charge in [-0.1, -0.05) is 0 Å². The van der Waals surface area contributed by atoms with Crippen LogP contribution < -0.4 is 10.5 Å². The second-order valence-corrected chi connectivity index (χ2v) is 4.25. The third-order valence-electron chi connectivity index (χ3n) is 1.57. The maximum Gasteiger partial charge on any atom is 0.435 e. The molecule has 0 saturated heterocycles. The summed E-state index contributed by atoms with van der Waals surface area (Å²) >= 11 is 0. The summed E-state index contributed by atoms with van der Waals surface area (Å²) in [6.07, 6.45) is 0.796. The van der Waals surface area contributed by atoms with E-state index in [4.69, 9.17) is 15.2 Å². The molecule has 0 bridgehead atoms. The highest BCUT2D eigenvalue weighted by molar-refractivity contribution is 5.71. The summed E-state index contributed by atoms with van der Waals surface area (Å²) < 4.78 is 11.3. The van der Waals surface area contributed by atoms with Crippen LogP contribution in [-0.4, -0.2) is 28.1 Å². The summed E-state index contributed by atoms with van der Waals surface area (Å²) in [5.41, 5.74) is 5.36. The molecule has 2 N–H and O–H groups in total. The van der Waals surface area contributed by atoms with Gasteiger partial charge in [0.2, 0.25) is 0 Å². The van der Waals surface area contributed by atoms with Crippen molar-refractivity contribution in [2.45, 2.75) is 33.3 Å². The fraction of sp³-hybridized carbons (Fsp3) is 0.600. The molecular weight excluding hydrogens is 210 g/mol. The minimum Gasteiger partial charge on any atom is -0.475 e. The number of hydrogen-bond donors (Lipinski definition) is 1. The van der Waals surface area contributed by atoms with E-state index in [-0.39, 0.29) is 5.88 Å². The Balaban J connectivity index is 2.81. The Morgan fingerprint density at radius 2 is 2.19 bits per heavy atom. The predicted molar refractivity (Wildman–Crippen MR) is 59.4 cm³/mol. The fourth-order valence-electron chi connectivity index (χ4n) is 1.02. The number of aromatic nitrogens is 2. The zero-order valence-electron chi connectivity index (χ0n) is 9.98. The van der Waals surface area contributed by atoms with Crippen LogP contribution in [0.5, 0.6) is 5.88 Å². The van der Waals surface area contributed by atoms with Crippen molar-refractivity contribution in [3.05, 3.63) is 6.20 Å². The molecule has 0 spiro atoms. The number of ether oxygens (including phenoxy) is 2. The summed E-state index contributed by atoms with van der Waals surface area (Å²) in [4.78, 5) is 11.6. The molecule has 16 heavy (non-hydrogen) atoms. The number of carbonyl (C=O) groups is 1. The van der Waals surface area contributed by atoms with E-state index >= 15 is 0 Å². The highest BCUT2D eigenvalue weighted by Gasteiger charge is 2.20. The minimum absolute atomic E-state index is 0.244. The van der Waals surface area contributed by atoms with Crippen LogP contribution in [-0.2, 0) is 4.74 Å². The van der Waals surface area contributed by atoms with Gasteiger partial charge in [-0.2, -0.15) is 4.68 Å². The van der Waals surface area contributed by atoms with Crippen LogP contribution in [0.1, 0.15) is 27.7 Å². The second-order valence-electron chi connectivity index (χ2n) is 4.25. The molecule has 0 saturated carbocycles. The summed E-state index contributed by atoms with van der Waals surface area (Å²) in [7, 11) is 0. The van der Waals surface area contributed by atoms with Crippen LogP contribution in [0.15, 0.2) is 6.20 Å². The van der Waals surface area contributed by atoms with Crippen molar-refractivity contribution in [3.8, 4) is 5.88 Å². The van der Waals surface area contributed by atoms with Gasteiger partial charge in [0, 0.05) is 0 Å². The average Bonchev–Trinajstić information content (AvgIpc) is 2.46. The van der Waals surface area contributed by atoms with Gasteiger partial charge < -0.3 is 15.2 Å². The second kappa shape index (κ2) is 4.42. The zero-order valence-corrected chi connectivity index (χ0v) is 9.98. The van der Waals surface area contributed by atoms with Crippen molar-refractivity contribution in [1.82, 2.24) is 9.78 Å². The molecule has 0 amide bonds. The first-order valence-corrected chi connectivity index (χ1v) is 5.05. The quantitative estimate of drug-likeness (QED) is 0.830. The van der Waals surface area contributed by atoms with Crippen LogP contribution in [0.3, 0.4) is 0 Å². The number of nitrogens with zero attached hydrogens (tertiary/aromatic N) is 2. The van der Waals surface area contributed by atoms with Crippen molar-refractivity contribution in [3.63, 3.8) is 0 Å². The Kier molecular flexibility index (Phi) is 3.41. The molecule has 90 valence electrons. The van der Waals surface area contributed by atoms with Crippen molar-refractivity contribution in [2.75, 3.05) is 12.3 Å². The number of hydrogen-bond acceptors (Lipinski definition) is 5.